The molecule has 0 saturated carbocycles. The van der Waals surface area contributed by atoms with Gasteiger partial charge in [0.15, 0.2) is 0 Å². The fourth-order valence-electron chi connectivity index (χ4n) is 3.09. The third kappa shape index (κ3) is 1.93. The van der Waals surface area contributed by atoms with Crippen molar-refractivity contribution in [3.8, 4) is 0 Å². The van der Waals surface area contributed by atoms with Crippen LogP contribution in [0.15, 0.2) is 0 Å². The van der Waals surface area contributed by atoms with Crippen LogP contribution in [0.2, 0.25) is 5.21 Å². The van der Waals surface area contributed by atoms with Crippen molar-refractivity contribution in [3.63, 3.8) is 0 Å². The van der Waals surface area contributed by atoms with Crippen molar-refractivity contribution in [3.05, 3.63) is 0 Å². The molecular weight excluding hydrogens is 165 g/mol. The zero-order chi connectivity index (χ0) is 11.1. The Balaban J connectivity index is 2.90. The van der Waals surface area contributed by atoms with Crippen molar-refractivity contribution >= 4 is 31.4 Å². The first kappa shape index (κ1) is 12.3. The van der Waals surface area contributed by atoms with Gasteiger partial charge in [-0.25, -0.2) is 0 Å². The minimum absolute atomic E-state index is 0.354. The number of nitrogens with zero attached hydrogens (tertiary/aromatic N) is 1. The topological polar surface area (TPSA) is 3.24 Å². The van der Waals surface area contributed by atoms with Gasteiger partial charge in [-0.3, -0.25) is 0 Å². The van der Waals surface area contributed by atoms with Crippen molar-refractivity contribution in [2.24, 2.45) is 0 Å². The molecule has 0 amide bonds. The summed E-state index contributed by atoms with van der Waals surface area (Å²) in [6, 6.07) is 0. The summed E-state index contributed by atoms with van der Waals surface area (Å²) in [5.74, 6) is 1.43. The minimum atomic E-state index is 0.354. The van der Waals surface area contributed by atoms with Gasteiger partial charge in [0.05, 0.1) is 0 Å². The Labute approximate surface area is 93.0 Å². The van der Waals surface area contributed by atoms with Gasteiger partial charge >= 0.3 is 0 Å². The molecular formula is C9H23B4N. The Hall–Kier alpha value is 0.220. The SMILES string of the molecule is BC1CC(B)(B)C(B)N1C(C)(C)CC. The molecule has 1 saturated heterocycles. The van der Waals surface area contributed by atoms with Gasteiger partial charge in [-0.2, -0.15) is 0 Å². The van der Waals surface area contributed by atoms with Crippen LogP contribution in [0.5, 0.6) is 0 Å². The molecule has 14 heavy (non-hydrogen) atoms. The summed E-state index contributed by atoms with van der Waals surface area (Å²) in [6.45, 7) is 7.05. The summed E-state index contributed by atoms with van der Waals surface area (Å²) in [4.78, 5) is 2.72. The highest BCUT2D eigenvalue weighted by Crippen LogP contribution is 2.43. The highest BCUT2D eigenvalue weighted by Gasteiger charge is 2.45. The lowest BCUT2D eigenvalue weighted by atomic mass is 9.46. The van der Waals surface area contributed by atoms with E-state index in [1.807, 2.05) is 0 Å². The van der Waals surface area contributed by atoms with Crippen LogP contribution in [0.4, 0.5) is 0 Å². The first-order chi connectivity index (χ1) is 6.22. The first-order valence-corrected chi connectivity index (χ1v) is 6.01. The summed E-state index contributed by atoms with van der Waals surface area (Å²) in [7, 11) is 9.57. The van der Waals surface area contributed by atoms with Crippen LogP contribution in [-0.4, -0.2) is 53.7 Å². The molecule has 1 aliphatic rings. The Kier molecular flexibility index (Phi) is 3.21. The van der Waals surface area contributed by atoms with E-state index in [2.05, 4.69) is 57.1 Å². The van der Waals surface area contributed by atoms with E-state index in [1.165, 1.54) is 12.8 Å². The maximum absolute atomic E-state index is 2.72. The third-order valence-electron chi connectivity index (χ3n) is 4.41. The molecule has 1 heterocycles. The van der Waals surface area contributed by atoms with Gasteiger partial charge in [0.2, 0.25) is 0 Å². The molecule has 2 unspecified atom stereocenters. The highest BCUT2D eigenvalue weighted by molar-refractivity contribution is 6.44. The predicted molar refractivity (Wildman–Crippen MR) is 75.3 cm³/mol. The van der Waals surface area contributed by atoms with Gasteiger partial charge in [0.25, 0.3) is 0 Å². The van der Waals surface area contributed by atoms with Crippen LogP contribution in [-0.2, 0) is 0 Å². The van der Waals surface area contributed by atoms with Crippen LogP contribution >= 0.6 is 0 Å². The lowest BCUT2D eigenvalue weighted by Gasteiger charge is -2.43. The molecule has 0 aromatic heterocycles. The van der Waals surface area contributed by atoms with E-state index in [9.17, 15) is 0 Å². The molecule has 5 heteroatoms. The van der Waals surface area contributed by atoms with Crippen molar-refractivity contribution < 1.29 is 0 Å². The second-order valence-electron chi connectivity index (χ2n) is 6.29. The molecule has 76 valence electrons. The lowest BCUT2D eigenvalue weighted by molar-refractivity contribution is 0.117. The number of rotatable bonds is 2. The molecule has 0 aromatic carbocycles. The zero-order valence-electron chi connectivity index (χ0n) is 11.0. The predicted octanol–water partition coefficient (Wildman–Crippen LogP) is -1.82. The minimum Gasteiger partial charge on any atom is -0.309 e. The van der Waals surface area contributed by atoms with Crippen molar-refractivity contribution in [1.82, 2.24) is 4.90 Å². The second-order valence-corrected chi connectivity index (χ2v) is 6.29. The number of hydrogen-bond acceptors (Lipinski definition) is 1. The van der Waals surface area contributed by atoms with Gasteiger partial charge in [-0.15, -0.1) is 0 Å². The van der Waals surface area contributed by atoms with E-state index >= 15 is 0 Å². The van der Waals surface area contributed by atoms with Crippen LogP contribution in [0.1, 0.15) is 33.6 Å². The Morgan fingerprint density at radius 2 is 1.86 bits per heavy atom. The molecule has 2 atom stereocenters. The maximum atomic E-state index is 2.72. The van der Waals surface area contributed by atoms with E-state index in [1.54, 1.807) is 0 Å². The lowest BCUT2D eigenvalue weighted by Crippen LogP contribution is -2.52. The van der Waals surface area contributed by atoms with Gasteiger partial charge in [0.1, 0.15) is 31.4 Å². The summed E-state index contributed by atoms with van der Waals surface area (Å²) in [5, 5.41) is 0.478. The number of likely N-dealkylation sites (tertiary alicyclic amines) is 1. The smallest absolute Gasteiger partial charge is 0.123 e. The van der Waals surface area contributed by atoms with E-state index in [0.29, 0.717) is 16.7 Å². The van der Waals surface area contributed by atoms with Crippen molar-refractivity contribution in [1.29, 1.82) is 0 Å². The molecule has 1 nitrogen and oxygen atoms in total. The van der Waals surface area contributed by atoms with Crippen LogP contribution in [0, 0.1) is 0 Å². The first-order valence-electron chi connectivity index (χ1n) is 6.01. The van der Waals surface area contributed by atoms with E-state index in [0.717, 1.165) is 5.94 Å². The van der Waals surface area contributed by atoms with Gasteiger partial charge in [-0.05, 0) is 32.2 Å². The molecule has 1 aliphatic heterocycles. The van der Waals surface area contributed by atoms with Gasteiger partial charge in [-0.1, -0.05) is 18.6 Å². The average molecular weight is 189 g/mol. The maximum Gasteiger partial charge on any atom is 0.123 e. The van der Waals surface area contributed by atoms with Crippen molar-refractivity contribution in [2.45, 2.75) is 56.2 Å². The zero-order valence-corrected chi connectivity index (χ0v) is 11.0. The summed E-state index contributed by atoms with van der Waals surface area (Å²) < 4.78 is 0. The molecule has 1 fully saturated rings. The Bertz CT molecular complexity index is 217. The Morgan fingerprint density at radius 3 is 2.14 bits per heavy atom. The highest BCUT2D eigenvalue weighted by atomic mass is 15.2. The van der Waals surface area contributed by atoms with Crippen molar-refractivity contribution in [2.75, 3.05) is 0 Å². The summed E-state index contributed by atoms with van der Waals surface area (Å²) in [6.07, 6.45) is 2.56. The van der Waals surface area contributed by atoms with E-state index in [-0.39, 0.29) is 0 Å². The molecule has 0 radical (unpaired) electrons. The third-order valence-corrected chi connectivity index (χ3v) is 4.41. The largest absolute Gasteiger partial charge is 0.309 e. The fraction of sp³-hybridized carbons (Fsp3) is 1.00. The summed E-state index contributed by atoms with van der Waals surface area (Å²) >= 11 is 0. The molecule has 0 aliphatic carbocycles. The summed E-state index contributed by atoms with van der Waals surface area (Å²) in [5.41, 5.74) is 0.354. The second kappa shape index (κ2) is 3.66. The monoisotopic (exact) mass is 189 g/mol. The van der Waals surface area contributed by atoms with Crippen LogP contribution in [0.25, 0.3) is 0 Å². The van der Waals surface area contributed by atoms with Gasteiger partial charge < -0.3 is 4.90 Å². The number of hydrogen-bond donors (Lipinski definition) is 0. The van der Waals surface area contributed by atoms with Crippen LogP contribution in [0.3, 0.4) is 0 Å². The van der Waals surface area contributed by atoms with E-state index < -0.39 is 0 Å². The van der Waals surface area contributed by atoms with Gasteiger partial charge in [0, 0.05) is 5.54 Å². The molecule has 0 aromatic rings. The molecule has 1 rings (SSSR count). The van der Waals surface area contributed by atoms with E-state index in [4.69, 9.17) is 0 Å². The molecule has 0 bridgehead atoms. The Morgan fingerprint density at radius 1 is 1.36 bits per heavy atom. The molecule has 0 N–H and O–H groups in total. The fourth-order valence-corrected chi connectivity index (χ4v) is 3.09. The average Bonchev–Trinajstić information content (AvgIpc) is 2.22. The molecule has 0 spiro atoms. The van der Waals surface area contributed by atoms with Crippen LogP contribution < -0.4 is 0 Å². The quantitative estimate of drug-likeness (QED) is 0.462. The normalized spacial score (nSPS) is 33.4. The standard InChI is InChI=1S/C9H23B4N/c1-4-8(2,3)14-6(10)5-9(12,13)7(14)11/h6-7H,4-5,10-13H2,1-3H3.